The third kappa shape index (κ3) is 1.51. The fourth-order valence-electron chi connectivity index (χ4n) is 1.70. The number of benzene rings is 1. The minimum absolute atomic E-state index is 0.175. The number of hydrogen-bond donors (Lipinski definition) is 0. The van der Waals surface area contributed by atoms with Gasteiger partial charge in [-0.3, -0.25) is 0 Å². The van der Waals surface area contributed by atoms with Crippen molar-refractivity contribution in [2.24, 2.45) is 0 Å². The fourth-order valence-corrected chi connectivity index (χ4v) is 1.94. The second-order valence-corrected chi connectivity index (χ2v) is 4.05. The molecule has 1 aromatic rings. The monoisotopic (exact) mass is 223 g/mol. The minimum Gasteiger partial charge on any atom is -0.454 e. The van der Waals surface area contributed by atoms with Crippen molar-refractivity contribution >= 4 is 11.6 Å². The minimum atomic E-state index is 0.175. The number of fused-ring (bicyclic) bond motifs is 1. The second kappa shape index (κ2) is 3.63. The maximum absolute atomic E-state index is 9.05. The first-order valence-electron chi connectivity index (χ1n) is 4.67. The molecular weight excluding hydrogens is 214 g/mol. The number of hydrogen-bond acceptors (Lipinski definition) is 3. The van der Waals surface area contributed by atoms with E-state index in [4.69, 9.17) is 26.3 Å². The zero-order valence-corrected chi connectivity index (χ0v) is 9.26. The van der Waals surface area contributed by atoms with E-state index in [1.54, 1.807) is 6.07 Å². The van der Waals surface area contributed by atoms with Crippen LogP contribution in [-0.4, -0.2) is 6.79 Å². The molecule has 1 aromatic carbocycles. The summed E-state index contributed by atoms with van der Waals surface area (Å²) in [7, 11) is 0. The summed E-state index contributed by atoms with van der Waals surface area (Å²) in [6.45, 7) is 4.18. The first kappa shape index (κ1) is 10.1. The Balaban J connectivity index is 2.73. The van der Waals surface area contributed by atoms with Gasteiger partial charge in [-0.05, 0) is 5.92 Å². The fraction of sp³-hybridized carbons (Fsp3) is 0.364. The van der Waals surface area contributed by atoms with Gasteiger partial charge in [-0.15, -0.1) is 0 Å². The normalized spacial score (nSPS) is 13.0. The summed E-state index contributed by atoms with van der Waals surface area (Å²) in [5.41, 5.74) is 1.31. The molecular formula is C11H10ClNO2. The van der Waals surface area contributed by atoms with Gasteiger partial charge in [0.05, 0.1) is 10.6 Å². The predicted molar refractivity (Wildman–Crippen MR) is 56.4 cm³/mol. The molecule has 0 N–H and O–H groups in total. The summed E-state index contributed by atoms with van der Waals surface area (Å²) in [4.78, 5) is 0. The molecule has 0 unspecified atom stereocenters. The van der Waals surface area contributed by atoms with Crippen LogP contribution in [0.4, 0.5) is 0 Å². The summed E-state index contributed by atoms with van der Waals surface area (Å²) >= 11 is 6.00. The summed E-state index contributed by atoms with van der Waals surface area (Å²) in [5, 5.41) is 9.47. The van der Waals surface area contributed by atoms with Gasteiger partial charge in [-0.2, -0.15) is 5.26 Å². The molecule has 0 saturated heterocycles. The number of nitriles is 1. The zero-order valence-electron chi connectivity index (χ0n) is 8.50. The number of halogens is 1. The SMILES string of the molecule is CC(C)c1c(C#N)c(Cl)cc2c1OCO2. The molecule has 0 atom stereocenters. The molecule has 3 nitrogen and oxygen atoms in total. The van der Waals surface area contributed by atoms with Gasteiger partial charge in [0.1, 0.15) is 6.07 Å². The smallest absolute Gasteiger partial charge is 0.231 e. The van der Waals surface area contributed by atoms with Crippen molar-refractivity contribution in [2.45, 2.75) is 19.8 Å². The van der Waals surface area contributed by atoms with Gasteiger partial charge in [0, 0.05) is 11.6 Å². The van der Waals surface area contributed by atoms with Gasteiger partial charge in [-0.1, -0.05) is 25.4 Å². The topological polar surface area (TPSA) is 42.2 Å². The zero-order chi connectivity index (χ0) is 11.0. The van der Waals surface area contributed by atoms with Crippen LogP contribution in [0.25, 0.3) is 0 Å². The molecule has 4 heteroatoms. The Morgan fingerprint density at radius 1 is 1.47 bits per heavy atom. The van der Waals surface area contributed by atoms with Crippen LogP contribution in [0.3, 0.4) is 0 Å². The summed E-state index contributed by atoms with van der Waals surface area (Å²) in [6.07, 6.45) is 0. The van der Waals surface area contributed by atoms with Crippen LogP contribution < -0.4 is 9.47 Å². The molecule has 2 rings (SSSR count). The van der Waals surface area contributed by atoms with Gasteiger partial charge in [0.2, 0.25) is 6.79 Å². The molecule has 0 aliphatic carbocycles. The number of rotatable bonds is 1. The molecule has 1 aliphatic rings. The highest BCUT2D eigenvalue weighted by molar-refractivity contribution is 6.32. The third-order valence-electron chi connectivity index (χ3n) is 2.34. The molecule has 15 heavy (non-hydrogen) atoms. The van der Waals surface area contributed by atoms with E-state index in [9.17, 15) is 0 Å². The van der Waals surface area contributed by atoms with Gasteiger partial charge >= 0.3 is 0 Å². The average molecular weight is 224 g/mol. The van der Waals surface area contributed by atoms with E-state index in [-0.39, 0.29) is 12.7 Å². The molecule has 0 fully saturated rings. The molecule has 0 saturated carbocycles. The molecule has 1 aliphatic heterocycles. The van der Waals surface area contributed by atoms with E-state index < -0.39 is 0 Å². The van der Waals surface area contributed by atoms with Crippen LogP contribution in [0.15, 0.2) is 6.07 Å². The van der Waals surface area contributed by atoms with E-state index in [1.807, 2.05) is 13.8 Å². The highest BCUT2D eigenvalue weighted by atomic mass is 35.5. The lowest BCUT2D eigenvalue weighted by atomic mass is 9.96. The van der Waals surface area contributed by atoms with Crippen molar-refractivity contribution in [1.29, 1.82) is 5.26 Å². The summed E-state index contributed by atoms with van der Waals surface area (Å²) < 4.78 is 10.6. The van der Waals surface area contributed by atoms with Crippen molar-refractivity contribution in [3.05, 3.63) is 22.2 Å². The maximum atomic E-state index is 9.05. The lowest BCUT2D eigenvalue weighted by molar-refractivity contribution is 0.173. The van der Waals surface area contributed by atoms with Crippen molar-refractivity contribution < 1.29 is 9.47 Å². The predicted octanol–water partition coefficient (Wildman–Crippen LogP) is 3.06. The van der Waals surface area contributed by atoms with Crippen LogP contribution in [0.1, 0.15) is 30.9 Å². The quantitative estimate of drug-likeness (QED) is 0.735. The van der Waals surface area contributed by atoms with Crippen LogP contribution in [0, 0.1) is 11.3 Å². The Hall–Kier alpha value is -1.40. The maximum Gasteiger partial charge on any atom is 0.231 e. The standard InChI is InChI=1S/C11H10ClNO2/c1-6(2)10-7(4-13)8(12)3-9-11(10)15-5-14-9/h3,6H,5H2,1-2H3. The van der Waals surface area contributed by atoms with E-state index >= 15 is 0 Å². The molecule has 0 spiro atoms. The van der Waals surface area contributed by atoms with Crippen LogP contribution in [-0.2, 0) is 0 Å². The molecule has 78 valence electrons. The van der Waals surface area contributed by atoms with Gasteiger partial charge in [0.25, 0.3) is 0 Å². The molecule has 0 radical (unpaired) electrons. The van der Waals surface area contributed by atoms with E-state index in [0.717, 1.165) is 5.56 Å². The molecule has 0 aromatic heterocycles. The second-order valence-electron chi connectivity index (χ2n) is 3.65. The van der Waals surface area contributed by atoms with Gasteiger partial charge < -0.3 is 9.47 Å². The Labute approximate surface area is 93.2 Å². The van der Waals surface area contributed by atoms with Crippen molar-refractivity contribution in [3.8, 4) is 17.6 Å². The Morgan fingerprint density at radius 3 is 2.80 bits per heavy atom. The first-order valence-corrected chi connectivity index (χ1v) is 5.05. The van der Waals surface area contributed by atoms with E-state index in [0.29, 0.717) is 22.1 Å². The highest BCUT2D eigenvalue weighted by Crippen LogP contribution is 2.44. The van der Waals surface area contributed by atoms with Crippen molar-refractivity contribution in [3.63, 3.8) is 0 Å². The Morgan fingerprint density at radius 2 is 2.20 bits per heavy atom. The summed E-state index contributed by atoms with van der Waals surface area (Å²) in [6, 6.07) is 3.74. The third-order valence-corrected chi connectivity index (χ3v) is 2.64. The lowest BCUT2D eigenvalue weighted by Crippen LogP contribution is -1.98. The first-order chi connectivity index (χ1) is 7.15. The lowest BCUT2D eigenvalue weighted by Gasteiger charge is -2.12. The molecule has 0 amide bonds. The van der Waals surface area contributed by atoms with Crippen molar-refractivity contribution in [1.82, 2.24) is 0 Å². The molecule has 0 bridgehead atoms. The van der Waals surface area contributed by atoms with Crippen LogP contribution in [0.2, 0.25) is 5.02 Å². The highest BCUT2D eigenvalue weighted by Gasteiger charge is 2.25. The van der Waals surface area contributed by atoms with Crippen LogP contribution >= 0.6 is 11.6 Å². The van der Waals surface area contributed by atoms with Gasteiger partial charge in [-0.25, -0.2) is 0 Å². The van der Waals surface area contributed by atoms with E-state index in [1.165, 1.54) is 0 Å². The van der Waals surface area contributed by atoms with Crippen LogP contribution in [0.5, 0.6) is 11.5 Å². The Bertz CT molecular complexity index is 448. The van der Waals surface area contributed by atoms with E-state index in [2.05, 4.69) is 6.07 Å². The molecule has 1 heterocycles. The number of ether oxygens (including phenoxy) is 2. The van der Waals surface area contributed by atoms with Gasteiger partial charge in [0.15, 0.2) is 11.5 Å². The average Bonchev–Trinajstić information content (AvgIpc) is 2.62. The number of nitrogens with zero attached hydrogens (tertiary/aromatic N) is 1. The summed E-state index contributed by atoms with van der Waals surface area (Å²) in [5.74, 6) is 1.46. The largest absolute Gasteiger partial charge is 0.454 e. The Kier molecular flexibility index (Phi) is 2.45. The van der Waals surface area contributed by atoms with Crippen molar-refractivity contribution in [2.75, 3.05) is 6.79 Å².